The minimum atomic E-state index is -3.60. The summed E-state index contributed by atoms with van der Waals surface area (Å²) in [5.41, 5.74) is 0.313. The molecule has 1 aromatic rings. The zero-order valence-corrected chi connectivity index (χ0v) is 13.3. The Morgan fingerprint density at radius 1 is 1.35 bits per heavy atom. The molecule has 0 aliphatic carbocycles. The number of benzene rings is 1. The number of hydrogen-bond acceptors (Lipinski definition) is 4. The molecule has 0 N–H and O–H groups in total. The first-order chi connectivity index (χ1) is 9.16. The van der Waals surface area contributed by atoms with E-state index in [4.69, 9.17) is 16.3 Å². The lowest BCUT2D eigenvalue weighted by Gasteiger charge is -2.24. The fourth-order valence-electron chi connectivity index (χ4n) is 1.47. The smallest absolute Gasteiger partial charge is 0.242 e. The first-order valence-electron chi connectivity index (χ1n) is 5.68. The van der Waals surface area contributed by atoms with Crippen LogP contribution in [0.25, 0.3) is 0 Å². The number of halogens is 1. The summed E-state index contributed by atoms with van der Waals surface area (Å²) >= 11 is 5.98. The van der Waals surface area contributed by atoms with Gasteiger partial charge in [0.05, 0.1) is 24.1 Å². The number of sulfonamides is 1. The quantitative estimate of drug-likeness (QED) is 0.817. The number of carbonyl (C=O) groups is 1. The summed E-state index contributed by atoms with van der Waals surface area (Å²) in [5.74, 6) is 0.102. The molecule has 112 valence electrons. The zero-order valence-electron chi connectivity index (χ0n) is 11.8. The number of carbonyl (C=O) groups excluding carboxylic acids is 1. The van der Waals surface area contributed by atoms with Crippen molar-refractivity contribution in [1.82, 2.24) is 4.90 Å². The van der Waals surface area contributed by atoms with Crippen LogP contribution in [0.5, 0.6) is 5.75 Å². The van der Waals surface area contributed by atoms with Gasteiger partial charge in [0.2, 0.25) is 15.9 Å². The summed E-state index contributed by atoms with van der Waals surface area (Å²) in [5, 5.41) is 0.274. The van der Waals surface area contributed by atoms with Crippen LogP contribution < -0.4 is 9.04 Å². The van der Waals surface area contributed by atoms with Gasteiger partial charge in [-0.15, -0.1) is 0 Å². The summed E-state index contributed by atoms with van der Waals surface area (Å²) in [7, 11) is 0.985. The highest BCUT2D eigenvalue weighted by molar-refractivity contribution is 7.92. The van der Waals surface area contributed by atoms with Gasteiger partial charge in [0, 0.05) is 14.1 Å². The first-order valence-corrected chi connectivity index (χ1v) is 7.91. The second-order valence-corrected chi connectivity index (χ2v) is 6.69. The second-order valence-electron chi connectivity index (χ2n) is 4.38. The Morgan fingerprint density at radius 3 is 2.35 bits per heavy atom. The summed E-state index contributed by atoms with van der Waals surface area (Å²) in [4.78, 5) is 13.1. The molecule has 1 aromatic carbocycles. The van der Waals surface area contributed by atoms with E-state index in [0.29, 0.717) is 11.4 Å². The van der Waals surface area contributed by atoms with Crippen molar-refractivity contribution in [1.29, 1.82) is 0 Å². The molecule has 0 saturated carbocycles. The van der Waals surface area contributed by atoms with Crippen LogP contribution in [0.4, 0.5) is 5.69 Å². The summed E-state index contributed by atoms with van der Waals surface area (Å²) in [6, 6.07) is 4.54. The molecular weight excluding hydrogens is 304 g/mol. The molecule has 1 amide bonds. The molecule has 0 bridgehead atoms. The summed E-state index contributed by atoms with van der Waals surface area (Å²) < 4.78 is 29.7. The number of ether oxygens (including phenoxy) is 1. The van der Waals surface area contributed by atoms with Crippen molar-refractivity contribution in [3.05, 3.63) is 23.2 Å². The lowest BCUT2D eigenvalue weighted by molar-refractivity contribution is -0.127. The Kier molecular flexibility index (Phi) is 5.24. The van der Waals surface area contributed by atoms with Crippen molar-refractivity contribution in [2.45, 2.75) is 0 Å². The Morgan fingerprint density at radius 2 is 1.95 bits per heavy atom. The van der Waals surface area contributed by atoms with Crippen LogP contribution in [0, 0.1) is 0 Å². The third kappa shape index (κ3) is 4.01. The molecule has 6 nitrogen and oxygen atoms in total. The van der Waals surface area contributed by atoms with Crippen LogP contribution in [0.3, 0.4) is 0 Å². The van der Waals surface area contributed by atoms with Gasteiger partial charge in [-0.25, -0.2) is 8.42 Å². The Labute approximate surface area is 123 Å². The van der Waals surface area contributed by atoms with Crippen LogP contribution >= 0.6 is 11.6 Å². The van der Waals surface area contributed by atoms with E-state index in [-0.39, 0.29) is 17.5 Å². The Hall–Kier alpha value is -1.47. The van der Waals surface area contributed by atoms with Crippen molar-refractivity contribution in [2.24, 2.45) is 0 Å². The first kappa shape index (κ1) is 16.6. The van der Waals surface area contributed by atoms with Crippen LogP contribution in [-0.4, -0.2) is 53.2 Å². The minimum Gasteiger partial charge on any atom is -0.495 e. The van der Waals surface area contributed by atoms with Gasteiger partial charge in [0.15, 0.2) is 0 Å². The lowest BCUT2D eigenvalue weighted by atomic mass is 10.3. The van der Waals surface area contributed by atoms with E-state index in [2.05, 4.69) is 0 Å². The topological polar surface area (TPSA) is 66.9 Å². The molecule has 0 aromatic heterocycles. The molecule has 0 saturated heterocycles. The van der Waals surface area contributed by atoms with Gasteiger partial charge in [-0.2, -0.15) is 0 Å². The molecule has 20 heavy (non-hydrogen) atoms. The number of likely N-dealkylation sites (N-methyl/N-ethyl adjacent to an activating group) is 1. The van der Waals surface area contributed by atoms with Gasteiger partial charge < -0.3 is 9.64 Å². The van der Waals surface area contributed by atoms with E-state index in [9.17, 15) is 13.2 Å². The number of nitrogens with zero attached hydrogens (tertiary/aromatic N) is 2. The van der Waals surface area contributed by atoms with Crippen molar-refractivity contribution in [2.75, 3.05) is 38.3 Å². The largest absolute Gasteiger partial charge is 0.495 e. The fraction of sp³-hybridized carbons (Fsp3) is 0.417. The number of rotatable bonds is 5. The maximum absolute atomic E-state index is 11.8. The van der Waals surface area contributed by atoms with E-state index >= 15 is 0 Å². The fourth-order valence-corrected chi connectivity index (χ4v) is 2.57. The van der Waals surface area contributed by atoms with E-state index in [0.717, 1.165) is 10.6 Å². The minimum absolute atomic E-state index is 0.274. The van der Waals surface area contributed by atoms with E-state index in [1.165, 1.54) is 24.1 Å². The second kappa shape index (κ2) is 6.32. The van der Waals surface area contributed by atoms with Gasteiger partial charge >= 0.3 is 0 Å². The van der Waals surface area contributed by atoms with Gasteiger partial charge in [-0.3, -0.25) is 9.10 Å². The highest BCUT2D eigenvalue weighted by atomic mass is 35.5. The van der Waals surface area contributed by atoms with E-state index in [1.54, 1.807) is 20.2 Å². The molecule has 0 unspecified atom stereocenters. The van der Waals surface area contributed by atoms with Crippen LogP contribution in [0.1, 0.15) is 0 Å². The lowest BCUT2D eigenvalue weighted by Crippen LogP contribution is -2.39. The van der Waals surface area contributed by atoms with Gasteiger partial charge in [-0.05, 0) is 18.2 Å². The molecule has 0 atom stereocenters. The zero-order chi connectivity index (χ0) is 15.5. The Bertz CT molecular complexity index is 601. The normalized spacial score (nSPS) is 11.1. The maximum atomic E-state index is 11.8. The van der Waals surface area contributed by atoms with Crippen molar-refractivity contribution in [3.63, 3.8) is 0 Å². The third-order valence-corrected chi connectivity index (χ3v) is 4.04. The molecule has 0 radical (unpaired) electrons. The molecule has 0 aliphatic rings. The molecule has 1 rings (SSSR count). The number of amides is 1. The maximum Gasteiger partial charge on any atom is 0.242 e. The van der Waals surface area contributed by atoms with Crippen molar-refractivity contribution in [3.8, 4) is 5.75 Å². The number of anilines is 1. The van der Waals surface area contributed by atoms with Crippen LogP contribution in [0.15, 0.2) is 18.2 Å². The van der Waals surface area contributed by atoms with Crippen LogP contribution in [-0.2, 0) is 14.8 Å². The van der Waals surface area contributed by atoms with Crippen LogP contribution in [0.2, 0.25) is 5.02 Å². The van der Waals surface area contributed by atoms with E-state index in [1.807, 2.05) is 0 Å². The van der Waals surface area contributed by atoms with E-state index < -0.39 is 10.0 Å². The molecule has 0 heterocycles. The SMILES string of the molecule is COc1ccc(N(CC(=O)N(C)C)S(C)(=O)=O)cc1Cl. The number of hydrogen-bond donors (Lipinski definition) is 0. The summed E-state index contributed by atoms with van der Waals surface area (Å²) in [6.45, 7) is -0.283. The van der Waals surface area contributed by atoms with Gasteiger partial charge in [0.1, 0.15) is 12.3 Å². The predicted molar refractivity (Wildman–Crippen MR) is 78.9 cm³/mol. The highest BCUT2D eigenvalue weighted by Crippen LogP contribution is 2.30. The average molecular weight is 321 g/mol. The monoisotopic (exact) mass is 320 g/mol. The highest BCUT2D eigenvalue weighted by Gasteiger charge is 2.22. The van der Waals surface area contributed by atoms with Crippen molar-refractivity contribution >= 4 is 33.2 Å². The third-order valence-electron chi connectivity index (χ3n) is 2.60. The predicted octanol–water partition coefficient (Wildman–Crippen LogP) is 1.20. The molecule has 0 spiro atoms. The van der Waals surface area contributed by atoms with Crippen molar-refractivity contribution < 1.29 is 17.9 Å². The molecule has 0 aliphatic heterocycles. The molecule has 8 heteroatoms. The molecular formula is C12H17ClN2O4S. The van der Waals surface area contributed by atoms with Gasteiger partial charge in [-0.1, -0.05) is 11.6 Å². The summed E-state index contributed by atoms with van der Waals surface area (Å²) in [6.07, 6.45) is 1.04. The standard InChI is InChI=1S/C12H17ClN2O4S/c1-14(2)12(16)8-15(20(4,17)18)9-5-6-11(19-3)10(13)7-9/h5-7H,8H2,1-4H3. The molecule has 0 fully saturated rings. The Balaban J connectivity index is 3.19. The van der Waals surface area contributed by atoms with Gasteiger partial charge in [0.25, 0.3) is 0 Å². The number of methoxy groups -OCH3 is 1. The average Bonchev–Trinajstić information content (AvgIpc) is 2.33.